The number of carbonyl (C=O) groups is 3. The number of rotatable bonds is 2. The van der Waals surface area contributed by atoms with E-state index < -0.39 is 11.4 Å². The molecule has 100 valence electrons. The van der Waals surface area contributed by atoms with Crippen LogP contribution in [0.25, 0.3) is 0 Å². The van der Waals surface area contributed by atoms with E-state index in [0.29, 0.717) is 32.5 Å². The minimum atomic E-state index is -0.799. The molecule has 2 aliphatic heterocycles. The topological polar surface area (TPSA) is 86.7 Å². The van der Waals surface area contributed by atoms with Gasteiger partial charge in [-0.1, -0.05) is 0 Å². The van der Waals surface area contributed by atoms with Crippen molar-refractivity contribution in [2.24, 2.45) is 11.3 Å². The third kappa shape index (κ3) is 2.32. The van der Waals surface area contributed by atoms with Gasteiger partial charge in [-0.25, -0.2) is 0 Å². The van der Waals surface area contributed by atoms with E-state index in [1.807, 2.05) is 0 Å². The van der Waals surface area contributed by atoms with Crippen LogP contribution in [0.5, 0.6) is 0 Å². The zero-order valence-electron chi connectivity index (χ0n) is 10.4. The molecule has 18 heavy (non-hydrogen) atoms. The van der Waals surface area contributed by atoms with Crippen molar-refractivity contribution in [3.05, 3.63) is 0 Å². The Kier molecular flexibility index (Phi) is 3.28. The van der Waals surface area contributed by atoms with Gasteiger partial charge >= 0.3 is 5.97 Å². The minimum Gasteiger partial charge on any atom is -0.481 e. The monoisotopic (exact) mass is 254 g/mol. The Morgan fingerprint density at radius 1 is 1.39 bits per heavy atom. The molecule has 0 saturated carbocycles. The molecule has 0 radical (unpaired) electrons. The smallest absolute Gasteiger partial charge is 0.309 e. The first-order valence-corrected chi connectivity index (χ1v) is 6.21. The highest BCUT2D eigenvalue weighted by molar-refractivity contribution is 5.89. The highest BCUT2D eigenvalue weighted by Gasteiger charge is 2.40. The molecule has 0 bridgehead atoms. The number of hydrogen-bond acceptors (Lipinski definition) is 3. The van der Waals surface area contributed by atoms with Crippen LogP contribution in [-0.2, 0) is 14.4 Å². The van der Waals surface area contributed by atoms with Crippen molar-refractivity contribution < 1.29 is 19.5 Å². The van der Waals surface area contributed by atoms with Gasteiger partial charge in [0.15, 0.2) is 0 Å². The van der Waals surface area contributed by atoms with Gasteiger partial charge in [0.1, 0.15) is 0 Å². The first-order chi connectivity index (χ1) is 8.42. The summed E-state index contributed by atoms with van der Waals surface area (Å²) >= 11 is 0. The SMILES string of the molecule is CC1(C(=O)O)CCN(C(=O)C2CNC(=O)C2)CC1. The van der Waals surface area contributed by atoms with E-state index in [1.54, 1.807) is 11.8 Å². The highest BCUT2D eigenvalue weighted by atomic mass is 16.4. The van der Waals surface area contributed by atoms with Crippen molar-refractivity contribution in [3.8, 4) is 0 Å². The number of amides is 2. The fourth-order valence-corrected chi connectivity index (χ4v) is 2.47. The van der Waals surface area contributed by atoms with Crippen molar-refractivity contribution in [1.29, 1.82) is 0 Å². The summed E-state index contributed by atoms with van der Waals surface area (Å²) in [4.78, 5) is 36.0. The summed E-state index contributed by atoms with van der Waals surface area (Å²) in [5.74, 6) is -1.18. The predicted molar refractivity (Wildman–Crippen MR) is 62.7 cm³/mol. The van der Waals surface area contributed by atoms with E-state index in [9.17, 15) is 14.4 Å². The lowest BCUT2D eigenvalue weighted by molar-refractivity contribution is -0.153. The highest BCUT2D eigenvalue weighted by Crippen LogP contribution is 2.31. The number of piperidine rings is 1. The molecule has 2 amide bonds. The molecule has 0 spiro atoms. The Balaban J connectivity index is 1.92. The summed E-state index contributed by atoms with van der Waals surface area (Å²) < 4.78 is 0. The van der Waals surface area contributed by atoms with Crippen LogP contribution in [0.3, 0.4) is 0 Å². The second-order valence-electron chi connectivity index (χ2n) is 5.40. The lowest BCUT2D eigenvalue weighted by Crippen LogP contribution is -2.47. The molecule has 2 fully saturated rings. The lowest BCUT2D eigenvalue weighted by atomic mass is 9.80. The van der Waals surface area contributed by atoms with Crippen LogP contribution < -0.4 is 5.32 Å². The average Bonchev–Trinajstić information content (AvgIpc) is 2.76. The van der Waals surface area contributed by atoms with E-state index in [0.717, 1.165) is 0 Å². The number of nitrogens with one attached hydrogen (secondary N) is 1. The number of carboxylic acid groups (broad SMARTS) is 1. The summed E-state index contributed by atoms with van der Waals surface area (Å²) in [6.45, 7) is 3.06. The zero-order valence-corrected chi connectivity index (χ0v) is 10.4. The van der Waals surface area contributed by atoms with E-state index >= 15 is 0 Å². The molecule has 0 aromatic carbocycles. The van der Waals surface area contributed by atoms with Crippen molar-refractivity contribution in [3.63, 3.8) is 0 Å². The summed E-state index contributed by atoms with van der Waals surface area (Å²) in [5.41, 5.74) is -0.722. The Hall–Kier alpha value is -1.59. The second-order valence-corrected chi connectivity index (χ2v) is 5.40. The Bertz CT molecular complexity index is 386. The first kappa shape index (κ1) is 12.9. The molecule has 1 unspecified atom stereocenters. The van der Waals surface area contributed by atoms with Gasteiger partial charge in [-0.3, -0.25) is 14.4 Å². The van der Waals surface area contributed by atoms with E-state index in [1.165, 1.54) is 0 Å². The van der Waals surface area contributed by atoms with Crippen molar-refractivity contribution >= 4 is 17.8 Å². The van der Waals surface area contributed by atoms with E-state index in [2.05, 4.69) is 5.32 Å². The van der Waals surface area contributed by atoms with Crippen LogP contribution in [0.2, 0.25) is 0 Å². The maximum atomic E-state index is 12.1. The van der Waals surface area contributed by atoms with Gasteiger partial charge in [-0.2, -0.15) is 0 Å². The Labute approximate surface area is 105 Å². The van der Waals surface area contributed by atoms with E-state index in [4.69, 9.17) is 5.11 Å². The average molecular weight is 254 g/mol. The second kappa shape index (κ2) is 4.59. The fraction of sp³-hybridized carbons (Fsp3) is 0.750. The lowest BCUT2D eigenvalue weighted by Gasteiger charge is -2.37. The molecule has 2 aliphatic rings. The molecule has 1 atom stereocenters. The molecule has 0 aliphatic carbocycles. The Morgan fingerprint density at radius 2 is 2.00 bits per heavy atom. The maximum Gasteiger partial charge on any atom is 0.309 e. The van der Waals surface area contributed by atoms with Gasteiger partial charge in [0, 0.05) is 26.1 Å². The molecule has 2 N–H and O–H groups in total. The van der Waals surface area contributed by atoms with Crippen LogP contribution >= 0.6 is 0 Å². The van der Waals surface area contributed by atoms with E-state index in [-0.39, 0.29) is 24.2 Å². The van der Waals surface area contributed by atoms with Gasteiger partial charge < -0.3 is 15.3 Å². The molecular formula is C12H18N2O4. The zero-order chi connectivity index (χ0) is 13.3. The molecule has 2 saturated heterocycles. The number of carbonyl (C=O) groups excluding carboxylic acids is 2. The molecule has 2 heterocycles. The third-order valence-corrected chi connectivity index (χ3v) is 4.02. The van der Waals surface area contributed by atoms with Gasteiger partial charge in [-0.15, -0.1) is 0 Å². The quantitative estimate of drug-likeness (QED) is 0.716. The summed E-state index contributed by atoms with van der Waals surface area (Å²) in [6, 6.07) is 0. The molecule has 6 heteroatoms. The number of nitrogens with zero attached hydrogens (tertiary/aromatic N) is 1. The fourth-order valence-electron chi connectivity index (χ4n) is 2.47. The van der Waals surface area contributed by atoms with Crippen LogP contribution in [0, 0.1) is 11.3 Å². The summed E-state index contributed by atoms with van der Waals surface area (Å²) in [5, 5.41) is 11.8. The number of aliphatic carboxylic acids is 1. The molecular weight excluding hydrogens is 236 g/mol. The number of hydrogen-bond donors (Lipinski definition) is 2. The summed E-state index contributed by atoms with van der Waals surface area (Å²) in [7, 11) is 0. The van der Waals surface area contributed by atoms with Crippen molar-refractivity contribution in [1.82, 2.24) is 10.2 Å². The molecule has 6 nitrogen and oxygen atoms in total. The number of carboxylic acids is 1. The van der Waals surface area contributed by atoms with Gasteiger partial charge in [-0.05, 0) is 19.8 Å². The minimum absolute atomic E-state index is 0.0270. The van der Waals surface area contributed by atoms with Crippen molar-refractivity contribution in [2.75, 3.05) is 19.6 Å². The van der Waals surface area contributed by atoms with Crippen LogP contribution in [-0.4, -0.2) is 47.4 Å². The van der Waals surface area contributed by atoms with Gasteiger partial charge in [0.25, 0.3) is 0 Å². The van der Waals surface area contributed by atoms with Crippen LogP contribution in [0.15, 0.2) is 0 Å². The normalized spacial score (nSPS) is 26.8. The summed E-state index contributed by atoms with van der Waals surface area (Å²) in [6.07, 6.45) is 1.20. The van der Waals surface area contributed by atoms with Gasteiger partial charge in [0.05, 0.1) is 11.3 Å². The maximum absolute atomic E-state index is 12.1. The first-order valence-electron chi connectivity index (χ1n) is 6.21. The van der Waals surface area contributed by atoms with Crippen LogP contribution in [0.1, 0.15) is 26.2 Å². The van der Waals surface area contributed by atoms with Crippen molar-refractivity contribution in [2.45, 2.75) is 26.2 Å². The molecule has 0 aromatic rings. The van der Waals surface area contributed by atoms with Gasteiger partial charge in [0.2, 0.25) is 11.8 Å². The van der Waals surface area contributed by atoms with Crippen LogP contribution in [0.4, 0.5) is 0 Å². The standard InChI is InChI=1S/C12H18N2O4/c1-12(11(17)18)2-4-14(5-3-12)10(16)8-6-9(15)13-7-8/h8H,2-7H2,1H3,(H,13,15)(H,17,18). The number of likely N-dealkylation sites (tertiary alicyclic amines) is 1. The third-order valence-electron chi connectivity index (χ3n) is 4.02. The predicted octanol–water partition coefficient (Wildman–Crippen LogP) is -0.164. The molecule has 2 rings (SSSR count). The largest absolute Gasteiger partial charge is 0.481 e. The molecule has 0 aromatic heterocycles. The Morgan fingerprint density at radius 3 is 2.44 bits per heavy atom.